The van der Waals surface area contributed by atoms with Gasteiger partial charge in [0.15, 0.2) is 0 Å². The van der Waals surface area contributed by atoms with Crippen molar-refractivity contribution in [2.45, 2.75) is 63.9 Å². The van der Waals surface area contributed by atoms with Crippen LogP contribution in [0.1, 0.15) is 40.0 Å². The van der Waals surface area contributed by atoms with Gasteiger partial charge in [0, 0.05) is 6.04 Å². The lowest BCUT2D eigenvalue weighted by atomic mass is 9.96. The maximum absolute atomic E-state index is 11.5. The molecule has 2 aliphatic rings. The molecular formula is C11H19NO3. The third-order valence-corrected chi connectivity index (χ3v) is 2.72. The van der Waals surface area contributed by atoms with Gasteiger partial charge in [0.25, 0.3) is 0 Å². The number of nitrogens with one attached hydrogen (secondary N) is 1. The molecule has 1 aliphatic carbocycles. The van der Waals surface area contributed by atoms with Crippen molar-refractivity contribution in [3.8, 4) is 0 Å². The molecule has 86 valence electrons. The van der Waals surface area contributed by atoms with Crippen molar-refractivity contribution < 1.29 is 14.3 Å². The first-order valence-corrected chi connectivity index (χ1v) is 5.59. The first-order valence-electron chi connectivity index (χ1n) is 5.59. The summed E-state index contributed by atoms with van der Waals surface area (Å²) >= 11 is 0. The summed E-state index contributed by atoms with van der Waals surface area (Å²) in [5.74, 6) is 0. The molecule has 3 atom stereocenters. The Labute approximate surface area is 90.3 Å². The summed E-state index contributed by atoms with van der Waals surface area (Å²) in [6, 6.07) is 0.226. The highest BCUT2D eigenvalue weighted by molar-refractivity contribution is 5.68. The van der Waals surface area contributed by atoms with Gasteiger partial charge in [-0.15, -0.1) is 0 Å². The topological polar surface area (TPSA) is 50.9 Å². The summed E-state index contributed by atoms with van der Waals surface area (Å²) in [7, 11) is 0. The van der Waals surface area contributed by atoms with Crippen molar-refractivity contribution in [1.82, 2.24) is 5.32 Å². The van der Waals surface area contributed by atoms with Crippen molar-refractivity contribution in [2.24, 2.45) is 0 Å². The number of rotatable bonds is 1. The van der Waals surface area contributed by atoms with Gasteiger partial charge in [-0.3, -0.25) is 0 Å². The summed E-state index contributed by atoms with van der Waals surface area (Å²) < 4.78 is 10.6. The largest absolute Gasteiger partial charge is 0.444 e. The fraction of sp³-hybridized carbons (Fsp3) is 0.909. The van der Waals surface area contributed by atoms with Crippen LogP contribution in [0.4, 0.5) is 4.79 Å². The second kappa shape index (κ2) is 3.67. The van der Waals surface area contributed by atoms with Crippen molar-refractivity contribution in [1.29, 1.82) is 0 Å². The van der Waals surface area contributed by atoms with Gasteiger partial charge in [0.2, 0.25) is 0 Å². The minimum absolute atomic E-state index is 0.226. The summed E-state index contributed by atoms with van der Waals surface area (Å²) in [5, 5.41) is 2.89. The molecule has 2 fully saturated rings. The smallest absolute Gasteiger partial charge is 0.407 e. The zero-order valence-electron chi connectivity index (χ0n) is 9.58. The molecular weight excluding hydrogens is 194 g/mol. The lowest BCUT2D eigenvalue weighted by Gasteiger charge is -2.24. The average Bonchev–Trinajstić information content (AvgIpc) is 2.77. The van der Waals surface area contributed by atoms with Gasteiger partial charge in [-0.1, -0.05) is 0 Å². The van der Waals surface area contributed by atoms with Crippen LogP contribution >= 0.6 is 0 Å². The number of epoxide rings is 1. The van der Waals surface area contributed by atoms with Gasteiger partial charge in [0.1, 0.15) is 5.60 Å². The standard InChI is InChI=1S/C11H19NO3/c1-11(2,3)15-10(13)12-7-4-5-8-9(6-7)14-8/h7-9H,4-6H2,1-3H3,(H,12,13). The van der Waals surface area contributed by atoms with Gasteiger partial charge in [-0.05, 0) is 40.0 Å². The number of carbonyl (C=O) groups excluding carboxylic acids is 1. The highest BCUT2D eigenvalue weighted by atomic mass is 16.6. The molecule has 1 amide bonds. The van der Waals surface area contributed by atoms with E-state index in [-0.39, 0.29) is 12.1 Å². The first kappa shape index (κ1) is 10.7. The predicted octanol–water partition coefficient (Wildman–Crippen LogP) is 1.83. The molecule has 15 heavy (non-hydrogen) atoms. The van der Waals surface area contributed by atoms with Crippen LogP contribution in [0.5, 0.6) is 0 Å². The molecule has 0 bridgehead atoms. The number of ether oxygens (including phenoxy) is 2. The van der Waals surface area contributed by atoms with Crippen LogP contribution < -0.4 is 5.32 Å². The fourth-order valence-corrected chi connectivity index (χ4v) is 2.01. The van der Waals surface area contributed by atoms with Crippen LogP contribution in [0, 0.1) is 0 Å². The maximum Gasteiger partial charge on any atom is 0.407 e. The lowest BCUT2D eigenvalue weighted by Crippen LogP contribution is -2.41. The summed E-state index contributed by atoms with van der Waals surface area (Å²) in [4.78, 5) is 11.5. The monoisotopic (exact) mass is 213 g/mol. The Morgan fingerprint density at radius 2 is 2.07 bits per heavy atom. The lowest BCUT2D eigenvalue weighted by molar-refractivity contribution is 0.0495. The summed E-state index contributed by atoms with van der Waals surface area (Å²) in [6.45, 7) is 5.61. The van der Waals surface area contributed by atoms with E-state index in [9.17, 15) is 4.79 Å². The molecule has 1 saturated heterocycles. The van der Waals surface area contributed by atoms with Crippen molar-refractivity contribution in [3.05, 3.63) is 0 Å². The minimum atomic E-state index is -0.419. The molecule has 3 unspecified atom stereocenters. The van der Waals surface area contributed by atoms with E-state index >= 15 is 0 Å². The van der Waals surface area contributed by atoms with E-state index in [1.807, 2.05) is 20.8 Å². The van der Waals surface area contributed by atoms with Crippen LogP contribution in [-0.4, -0.2) is 29.9 Å². The third-order valence-electron chi connectivity index (χ3n) is 2.72. The van der Waals surface area contributed by atoms with Gasteiger partial charge in [-0.25, -0.2) is 4.79 Å². The molecule has 2 rings (SSSR count). The minimum Gasteiger partial charge on any atom is -0.444 e. The van der Waals surface area contributed by atoms with Gasteiger partial charge in [0.05, 0.1) is 12.2 Å². The molecule has 0 spiro atoms. The average molecular weight is 213 g/mol. The molecule has 0 aromatic carbocycles. The maximum atomic E-state index is 11.5. The molecule has 0 radical (unpaired) electrons. The molecule has 1 heterocycles. The fourth-order valence-electron chi connectivity index (χ4n) is 2.01. The van der Waals surface area contributed by atoms with E-state index in [1.54, 1.807) is 0 Å². The van der Waals surface area contributed by atoms with Crippen LogP contribution in [0.2, 0.25) is 0 Å². The quantitative estimate of drug-likeness (QED) is 0.676. The van der Waals surface area contributed by atoms with Gasteiger partial charge < -0.3 is 14.8 Å². The predicted molar refractivity (Wildman–Crippen MR) is 55.7 cm³/mol. The SMILES string of the molecule is CC(C)(C)OC(=O)NC1CCC2OC2C1. The Morgan fingerprint density at radius 1 is 1.33 bits per heavy atom. The Bertz CT molecular complexity index is 259. The molecule has 1 aliphatic heterocycles. The van der Waals surface area contributed by atoms with E-state index in [1.165, 1.54) is 0 Å². The number of amides is 1. The Balaban J connectivity index is 1.74. The number of hydrogen-bond acceptors (Lipinski definition) is 3. The summed E-state index contributed by atoms with van der Waals surface area (Å²) in [6.07, 6.45) is 3.54. The zero-order chi connectivity index (χ0) is 11.1. The molecule has 0 aromatic rings. The number of fused-ring (bicyclic) bond motifs is 1. The van der Waals surface area contributed by atoms with Crippen molar-refractivity contribution in [2.75, 3.05) is 0 Å². The summed E-state index contributed by atoms with van der Waals surface area (Å²) in [5.41, 5.74) is -0.419. The highest BCUT2D eigenvalue weighted by Crippen LogP contribution is 2.36. The van der Waals surface area contributed by atoms with Crippen LogP contribution in [-0.2, 0) is 9.47 Å². The zero-order valence-corrected chi connectivity index (χ0v) is 9.58. The third kappa shape index (κ3) is 3.09. The highest BCUT2D eigenvalue weighted by Gasteiger charge is 2.44. The number of hydrogen-bond donors (Lipinski definition) is 1. The first-order chi connectivity index (χ1) is 6.94. The second-order valence-corrected chi connectivity index (χ2v) is 5.37. The normalized spacial score (nSPS) is 34.2. The Hall–Kier alpha value is -0.770. The molecule has 1 N–H and O–H groups in total. The van der Waals surface area contributed by atoms with Gasteiger partial charge >= 0.3 is 6.09 Å². The van der Waals surface area contributed by atoms with Crippen LogP contribution in [0.25, 0.3) is 0 Å². The van der Waals surface area contributed by atoms with Crippen LogP contribution in [0.3, 0.4) is 0 Å². The molecule has 1 saturated carbocycles. The second-order valence-electron chi connectivity index (χ2n) is 5.37. The molecule has 4 nitrogen and oxygen atoms in total. The molecule has 0 aromatic heterocycles. The van der Waals surface area contributed by atoms with E-state index in [2.05, 4.69) is 5.32 Å². The van der Waals surface area contributed by atoms with E-state index in [0.717, 1.165) is 19.3 Å². The van der Waals surface area contributed by atoms with Gasteiger partial charge in [-0.2, -0.15) is 0 Å². The van der Waals surface area contributed by atoms with E-state index < -0.39 is 5.60 Å². The van der Waals surface area contributed by atoms with E-state index in [4.69, 9.17) is 9.47 Å². The van der Waals surface area contributed by atoms with Crippen LogP contribution in [0.15, 0.2) is 0 Å². The Morgan fingerprint density at radius 3 is 2.67 bits per heavy atom. The molecule has 4 heteroatoms. The Kier molecular flexibility index (Phi) is 2.63. The van der Waals surface area contributed by atoms with E-state index in [0.29, 0.717) is 12.2 Å². The van der Waals surface area contributed by atoms with Crippen molar-refractivity contribution >= 4 is 6.09 Å². The van der Waals surface area contributed by atoms with Crippen molar-refractivity contribution in [3.63, 3.8) is 0 Å². The number of carbonyl (C=O) groups is 1. The number of alkyl carbamates (subject to hydrolysis) is 1.